The maximum atomic E-state index is 12.5. The lowest BCUT2D eigenvalue weighted by atomic mass is 9.48. The van der Waals surface area contributed by atoms with Crippen LogP contribution in [0.25, 0.3) is 10.9 Å². The van der Waals surface area contributed by atoms with E-state index in [1.807, 2.05) is 12.4 Å². The van der Waals surface area contributed by atoms with Crippen molar-refractivity contribution < 1.29 is 4.39 Å². The largest absolute Gasteiger partial charge is 0.365 e. The summed E-state index contributed by atoms with van der Waals surface area (Å²) in [6, 6.07) is 9.64. The summed E-state index contributed by atoms with van der Waals surface area (Å²) in [4.78, 5) is 18.7. The molecule has 0 amide bonds. The first kappa shape index (κ1) is 21.7. The van der Waals surface area contributed by atoms with Gasteiger partial charge < -0.3 is 15.2 Å². The average molecular weight is 475 g/mol. The highest BCUT2D eigenvalue weighted by atomic mass is 19.1. The van der Waals surface area contributed by atoms with Crippen molar-refractivity contribution in [2.45, 2.75) is 69.1 Å². The van der Waals surface area contributed by atoms with Crippen molar-refractivity contribution in [2.75, 3.05) is 31.6 Å². The van der Waals surface area contributed by atoms with E-state index in [4.69, 9.17) is 9.97 Å². The summed E-state index contributed by atoms with van der Waals surface area (Å²) >= 11 is 0. The third-order valence-electron chi connectivity index (χ3n) is 9.11. The van der Waals surface area contributed by atoms with E-state index in [1.54, 1.807) is 0 Å². The Hall–Kier alpha value is -2.51. The highest BCUT2D eigenvalue weighted by molar-refractivity contribution is 5.85. The minimum Gasteiger partial charge on any atom is -0.365 e. The standard InChI is InChI=1S/C28H35FN6/c1-18-11-22-21-5-2-3-6-23(21)33-26(22)27(35(18)28-12-19(13-28)14-28)24-15-31-25(16-30-24)32-20-7-10-34(17-20)9-4-8-29/h2-3,5-6,15-16,18-20,27,33H,4,7-14,17H2,1H3,(H,31,32)/t18-,19?,20+,27-,28?/m1/s1. The predicted molar refractivity (Wildman–Crippen MR) is 136 cm³/mol. The fraction of sp³-hybridized carbons (Fsp3) is 0.571. The molecular formula is C28H35FN6. The van der Waals surface area contributed by atoms with Gasteiger partial charge in [-0.2, -0.15) is 0 Å². The molecule has 3 saturated carbocycles. The average Bonchev–Trinajstić information content (AvgIpc) is 3.41. The number of halogens is 1. The van der Waals surface area contributed by atoms with Gasteiger partial charge in [-0.15, -0.1) is 0 Å². The molecule has 1 aromatic carbocycles. The molecule has 2 N–H and O–H groups in total. The molecule has 0 spiro atoms. The molecule has 3 atom stereocenters. The van der Waals surface area contributed by atoms with Gasteiger partial charge in [0, 0.05) is 53.9 Å². The number of nitrogens with zero attached hydrogens (tertiary/aromatic N) is 4. The summed E-state index contributed by atoms with van der Waals surface area (Å²) in [5, 5.41) is 4.92. The number of para-hydroxylation sites is 1. The maximum Gasteiger partial charge on any atom is 0.144 e. The van der Waals surface area contributed by atoms with Crippen LogP contribution in [0.4, 0.5) is 10.2 Å². The van der Waals surface area contributed by atoms with Crippen LogP contribution in [0.3, 0.4) is 0 Å². The third kappa shape index (κ3) is 3.50. The SMILES string of the molecule is C[C@@H]1Cc2c([nH]c3ccccc23)[C@@H](c2cnc(N[C@H]3CCN(CCCF)C3)cn2)N1C12CC(C1)C2. The van der Waals surface area contributed by atoms with Gasteiger partial charge in [0.25, 0.3) is 0 Å². The van der Waals surface area contributed by atoms with Crippen LogP contribution in [0.1, 0.15) is 62.0 Å². The number of benzene rings is 1. The van der Waals surface area contributed by atoms with Gasteiger partial charge in [0.05, 0.1) is 30.8 Å². The Balaban J connectivity index is 1.18. The number of alkyl halides is 1. The molecule has 2 aromatic heterocycles. The second-order valence-corrected chi connectivity index (χ2v) is 11.4. The van der Waals surface area contributed by atoms with Crippen molar-refractivity contribution in [3.8, 4) is 0 Å². The van der Waals surface area contributed by atoms with Crippen LogP contribution < -0.4 is 5.32 Å². The minimum atomic E-state index is -0.238. The Bertz CT molecular complexity index is 1200. The molecular weight excluding hydrogens is 439 g/mol. The molecule has 1 saturated heterocycles. The van der Waals surface area contributed by atoms with Crippen molar-refractivity contribution in [3.05, 3.63) is 53.6 Å². The lowest BCUT2D eigenvalue weighted by Crippen LogP contribution is -2.71. The van der Waals surface area contributed by atoms with Crippen molar-refractivity contribution in [1.29, 1.82) is 0 Å². The molecule has 7 heteroatoms. The van der Waals surface area contributed by atoms with Crippen LogP contribution in [0.2, 0.25) is 0 Å². The van der Waals surface area contributed by atoms with Gasteiger partial charge in [-0.25, -0.2) is 4.98 Å². The monoisotopic (exact) mass is 474 g/mol. The van der Waals surface area contributed by atoms with Gasteiger partial charge in [-0.05, 0) is 63.0 Å². The van der Waals surface area contributed by atoms with Crippen LogP contribution in [0.15, 0.2) is 36.7 Å². The Morgan fingerprint density at radius 3 is 2.77 bits per heavy atom. The predicted octanol–water partition coefficient (Wildman–Crippen LogP) is 4.69. The van der Waals surface area contributed by atoms with Crippen molar-refractivity contribution >= 4 is 16.7 Å². The van der Waals surface area contributed by atoms with E-state index in [1.165, 1.54) is 41.4 Å². The fourth-order valence-electron chi connectivity index (χ4n) is 7.44. The Morgan fingerprint density at radius 2 is 2.03 bits per heavy atom. The lowest BCUT2D eigenvalue weighted by molar-refractivity contribution is -0.174. The number of likely N-dealkylation sites (tertiary alicyclic amines) is 1. The van der Waals surface area contributed by atoms with Gasteiger partial charge in [0.15, 0.2) is 0 Å². The van der Waals surface area contributed by atoms with Gasteiger partial charge in [0.1, 0.15) is 5.82 Å². The topological polar surface area (TPSA) is 60.1 Å². The second kappa shape index (κ2) is 8.27. The molecule has 3 aliphatic carbocycles. The fourth-order valence-corrected chi connectivity index (χ4v) is 7.44. The number of nitrogens with one attached hydrogen (secondary N) is 2. The van der Waals surface area contributed by atoms with E-state index in [0.717, 1.165) is 49.9 Å². The number of anilines is 1. The summed E-state index contributed by atoms with van der Waals surface area (Å²) in [5.41, 5.74) is 5.36. The van der Waals surface area contributed by atoms with Crippen molar-refractivity contribution in [3.63, 3.8) is 0 Å². The Morgan fingerprint density at radius 1 is 1.17 bits per heavy atom. The zero-order valence-electron chi connectivity index (χ0n) is 20.5. The van der Waals surface area contributed by atoms with Crippen molar-refractivity contribution in [2.24, 2.45) is 5.92 Å². The summed E-state index contributed by atoms with van der Waals surface area (Å²) in [5.74, 6) is 1.77. The zero-order valence-corrected chi connectivity index (χ0v) is 20.5. The number of H-pyrrole nitrogens is 1. The number of aromatic amines is 1. The van der Waals surface area contributed by atoms with E-state index in [-0.39, 0.29) is 12.7 Å². The number of aromatic nitrogens is 3. The van der Waals surface area contributed by atoms with Crippen molar-refractivity contribution in [1.82, 2.24) is 24.8 Å². The number of rotatable bonds is 7. The summed E-state index contributed by atoms with van der Waals surface area (Å²) in [7, 11) is 0. The first-order chi connectivity index (χ1) is 17.1. The van der Waals surface area contributed by atoms with E-state index in [0.29, 0.717) is 24.0 Å². The molecule has 4 heterocycles. The Labute approximate surface area is 206 Å². The van der Waals surface area contributed by atoms with Crippen LogP contribution in [-0.4, -0.2) is 68.7 Å². The summed E-state index contributed by atoms with van der Waals surface area (Å²) in [6.07, 6.45) is 10.7. The second-order valence-electron chi connectivity index (χ2n) is 11.4. The van der Waals surface area contributed by atoms with Gasteiger partial charge in [-0.1, -0.05) is 18.2 Å². The molecule has 4 fully saturated rings. The smallest absolute Gasteiger partial charge is 0.144 e. The summed E-state index contributed by atoms with van der Waals surface area (Å²) < 4.78 is 12.5. The molecule has 2 bridgehead atoms. The van der Waals surface area contributed by atoms with Gasteiger partial charge in [0.2, 0.25) is 0 Å². The maximum absolute atomic E-state index is 12.5. The van der Waals surface area contributed by atoms with Crippen LogP contribution >= 0.6 is 0 Å². The van der Waals surface area contributed by atoms with Crippen LogP contribution in [0.5, 0.6) is 0 Å². The van der Waals surface area contributed by atoms with Gasteiger partial charge >= 0.3 is 0 Å². The molecule has 2 aliphatic heterocycles. The van der Waals surface area contributed by atoms with Gasteiger partial charge in [-0.3, -0.25) is 14.3 Å². The highest BCUT2D eigenvalue weighted by Crippen LogP contribution is 2.64. The molecule has 0 radical (unpaired) electrons. The summed E-state index contributed by atoms with van der Waals surface area (Å²) in [6.45, 7) is 4.96. The first-order valence-corrected chi connectivity index (χ1v) is 13.4. The quantitative estimate of drug-likeness (QED) is 0.520. The normalized spacial score (nSPS) is 32.3. The molecule has 6 nitrogen and oxygen atoms in total. The van der Waals surface area contributed by atoms with Crippen LogP contribution in [0, 0.1) is 5.92 Å². The van der Waals surface area contributed by atoms with E-state index in [2.05, 4.69) is 51.3 Å². The van der Waals surface area contributed by atoms with E-state index >= 15 is 0 Å². The highest BCUT2D eigenvalue weighted by Gasteiger charge is 2.63. The molecule has 5 aliphatic rings. The molecule has 184 valence electrons. The number of hydrogen-bond donors (Lipinski definition) is 2. The first-order valence-electron chi connectivity index (χ1n) is 13.4. The molecule has 3 aromatic rings. The molecule has 8 rings (SSSR count). The van der Waals surface area contributed by atoms with Crippen LogP contribution in [-0.2, 0) is 6.42 Å². The molecule has 0 unspecified atom stereocenters. The lowest BCUT2D eigenvalue weighted by Gasteiger charge is -2.69. The third-order valence-corrected chi connectivity index (χ3v) is 9.11. The van der Waals surface area contributed by atoms with E-state index < -0.39 is 0 Å². The zero-order chi connectivity index (χ0) is 23.6. The Kier molecular flexibility index (Phi) is 5.14. The number of hydrogen-bond acceptors (Lipinski definition) is 5. The van der Waals surface area contributed by atoms with E-state index in [9.17, 15) is 4.39 Å². The number of fused-ring (bicyclic) bond motifs is 3. The molecule has 35 heavy (non-hydrogen) atoms. The minimum absolute atomic E-state index is 0.117.